The fraction of sp³-hybridized carbons (Fsp3) is 0.133. The molecule has 0 aromatic heterocycles. The van der Waals surface area contributed by atoms with Crippen molar-refractivity contribution in [1.29, 1.82) is 0 Å². The summed E-state index contributed by atoms with van der Waals surface area (Å²) in [6, 6.07) is 14.4. The Hall–Kier alpha value is -2.49. The van der Waals surface area contributed by atoms with E-state index in [1.54, 1.807) is 25.1 Å². The number of hydrogen-bond acceptors (Lipinski definition) is 3. The molecule has 2 aromatic rings. The van der Waals surface area contributed by atoms with Crippen LogP contribution < -0.4 is 10.1 Å². The largest absolute Gasteiger partial charge is 0.508 e. The zero-order valence-corrected chi connectivity index (χ0v) is 10.6. The summed E-state index contributed by atoms with van der Waals surface area (Å²) >= 11 is 0. The number of carbonyl (C=O) groups excluding carboxylic acids is 1. The summed E-state index contributed by atoms with van der Waals surface area (Å²) in [6.45, 7) is 2.09. The molecular weight excluding hydrogens is 242 g/mol. The van der Waals surface area contributed by atoms with E-state index < -0.39 is 6.09 Å². The standard InChI is InChI=1S/C15H15NO3/c1-11-13(17)8-5-9-14(11)19-15(18)16-10-12-6-3-2-4-7-12/h2-9,17H,10H2,1H3,(H,16,18). The van der Waals surface area contributed by atoms with Crippen LogP contribution in [-0.4, -0.2) is 11.2 Å². The average Bonchev–Trinajstić information content (AvgIpc) is 2.43. The first-order valence-corrected chi connectivity index (χ1v) is 5.95. The molecule has 0 atom stereocenters. The Kier molecular flexibility index (Phi) is 4.03. The Bertz CT molecular complexity index is 567. The van der Waals surface area contributed by atoms with Gasteiger partial charge in [-0.2, -0.15) is 0 Å². The van der Waals surface area contributed by atoms with E-state index in [0.717, 1.165) is 5.56 Å². The summed E-state index contributed by atoms with van der Waals surface area (Å²) in [4.78, 5) is 11.6. The molecule has 0 aliphatic carbocycles. The molecule has 4 heteroatoms. The molecule has 19 heavy (non-hydrogen) atoms. The second-order valence-corrected chi connectivity index (χ2v) is 4.13. The molecule has 2 rings (SSSR count). The van der Waals surface area contributed by atoms with Crippen molar-refractivity contribution in [2.75, 3.05) is 0 Å². The van der Waals surface area contributed by atoms with Gasteiger partial charge in [0.05, 0.1) is 0 Å². The Morgan fingerprint density at radius 2 is 1.89 bits per heavy atom. The first-order chi connectivity index (χ1) is 9.16. The Morgan fingerprint density at radius 3 is 2.63 bits per heavy atom. The predicted octanol–water partition coefficient (Wildman–Crippen LogP) is 2.99. The molecule has 0 fully saturated rings. The van der Waals surface area contributed by atoms with E-state index in [2.05, 4.69) is 5.32 Å². The first-order valence-electron chi connectivity index (χ1n) is 5.95. The van der Waals surface area contributed by atoms with Gasteiger partial charge >= 0.3 is 6.09 Å². The van der Waals surface area contributed by atoms with E-state index in [1.165, 1.54) is 0 Å². The fourth-order valence-corrected chi connectivity index (χ4v) is 1.62. The number of rotatable bonds is 3. The maximum atomic E-state index is 11.6. The molecule has 1 amide bonds. The van der Waals surface area contributed by atoms with Crippen LogP contribution in [0, 0.1) is 6.92 Å². The van der Waals surface area contributed by atoms with E-state index in [4.69, 9.17) is 4.74 Å². The molecule has 0 spiro atoms. The topological polar surface area (TPSA) is 58.6 Å². The van der Waals surface area contributed by atoms with Gasteiger partial charge in [-0.15, -0.1) is 0 Å². The highest BCUT2D eigenvalue weighted by atomic mass is 16.6. The third-order valence-electron chi connectivity index (χ3n) is 2.74. The van der Waals surface area contributed by atoms with E-state index in [9.17, 15) is 9.90 Å². The van der Waals surface area contributed by atoms with Gasteiger partial charge in [0.25, 0.3) is 0 Å². The number of aromatic hydroxyl groups is 1. The lowest BCUT2D eigenvalue weighted by atomic mass is 10.2. The van der Waals surface area contributed by atoms with Crippen molar-refractivity contribution in [1.82, 2.24) is 5.32 Å². The van der Waals surface area contributed by atoms with Gasteiger partial charge in [0.15, 0.2) is 0 Å². The van der Waals surface area contributed by atoms with Crippen LogP contribution in [0.1, 0.15) is 11.1 Å². The van der Waals surface area contributed by atoms with Gasteiger partial charge in [-0.1, -0.05) is 36.4 Å². The van der Waals surface area contributed by atoms with Gasteiger partial charge in [0.1, 0.15) is 11.5 Å². The molecule has 0 saturated carbocycles. The highest BCUT2D eigenvalue weighted by Crippen LogP contribution is 2.25. The van der Waals surface area contributed by atoms with Gasteiger partial charge in [0.2, 0.25) is 0 Å². The number of amides is 1. The molecule has 0 bridgehead atoms. The number of phenols is 1. The summed E-state index contributed by atoms with van der Waals surface area (Å²) in [7, 11) is 0. The second kappa shape index (κ2) is 5.91. The second-order valence-electron chi connectivity index (χ2n) is 4.13. The monoisotopic (exact) mass is 257 g/mol. The number of hydrogen-bond donors (Lipinski definition) is 2. The van der Waals surface area contributed by atoms with E-state index in [0.29, 0.717) is 17.9 Å². The van der Waals surface area contributed by atoms with E-state index in [-0.39, 0.29) is 5.75 Å². The third-order valence-corrected chi connectivity index (χ3v) is 2.74. The van der Waals surface area contributed by atoms with Crippen LogP contribution >= 0.6 is 0 Å². The van der Waals surface area contributed by atoms with Crippen LogP contribution in [0.15, 0.2) is 48.5 Å². The van der Waals surface area contributed by atoms with Crippen LogP contribution in [0.5, 0.6) is 11.5 Å². The van der Waals surface area contributed by atoms with Crippen LogP contribution in [0.4, 0.5) is 4.79 Å². The molecule has 0 aliphatic heterocycles. The number of carbonyl (C=O) groups is 1. The number of nitrogens with one attached hydrogen (secondary N) is 1. The number of ether oxygens (including phenoxy) is 1. The van der Waals surface area contributed by atoms with Gasteiger partial charge in [0, 0.05) is 12.1 Å². The lowest BCUT2D eigenvalue weighted by Crippen LogP contribution is -2.26. The highest BCUT2D eigenvalue weighted by Gasteiger charge is 2.08. The lowest BCUT2D eigenvalue weighted by Gasteiger charge is -2.09. The van der Waals surface area contributed by atoms with Crippen molar-refractivity contribution in [2.45, 2.75) is 13.5 Å². The van der Waals surface area contributed by atoms with Crippen molar-refractivity contribution in [3.8, 4) is 11.5 Å². The van der Waals surface area contributed by atoms with E-state index >= 15 is 0 Å². The summed E-state index contributed by atoms with van der Waals surface area (Å²) in [6.07, 6.45) is -0.544. The molecule has 2 N–H and O–H groups in total. The summed E-state index contributed by atoms with van der Waals surface area (Å²) in [5.41, 5.74) is 1.53. The SMILES string of the molecule is Cc1c(O)cccc1OC(=O)NCc1ccccc1. The van der Waals surface area contributed by atoms with Crippen molar-refractivity contribution < 1.29 is 14.6 Å². The van der Waals surface area contributed by atoms with Crippen molar-refractivity contribution in [2.24, 2.45) is 0 Å². The minimum atomic E-state index is -0.544. The summed E-state index contributed by atoms with van der Waals surface area (Å²) < 4.78 is 5.14. The third kappa shape index (κ3) is 3.48. The number of benzene rings is 2. The van der Waals surface area contributed by atoms with Crippen LogP contribution in [0.3, 0.4) is 0 Å². The van der Waals surface area contributed by atoms with Crippen molar-refractivity contribution in [3.05, 3.63) is 59.7 Å². The normalized spacial score (nSPS) is 9.95. The maximum absolute atomic E-state index is 11.6. The zero-order valence-electron chi connectivity index (χ0n) is 10.6. The molecule has 0 heterocycles. The zero-order chi connectivity index (χ0) is 13.7. The van der Waals surface area contributed by atoms with Crippen LogP contribution in [0.2, 0.25) is 0 Å². The molecule has 4 nitrogen and oxygen atoms in total. The Balaban J connectivity index is 1.93. The Labute approximate surface area is 111 Å². The number of phenolic OH excluding ortho intramolecular Hbond substituents is 1. The Morgan fingerprint density at radius 1 is 1.16 bits per heavy atom. The lowest BCUT2D eigenvalue weighted by molar-refractivity contribution is 0.199. The van der Waals surface area contributed by atoms with Crippen molar-refractivity contribution >= 4 is 6.09 Å². The smallest absolute Gasteiger partial charge is 0.412 e. The van der Waals surface area contributed by atoms with Gasteiger partial charge in [-0.25, -0.2) is 4.79 Å². The van der Waals surface area contributed by atoms with Crippen LogP contribution in [0.25, 0.3) is 0 Å². The molecular formula is C15H15NO3. The highest BCUT2D eigenvalue weighted by molar-refractivity contribution is 5.71. The molecule has 0 unspecified atom stereocenters. The maximum Gasteiger partial charge on any atom is 0.412 e. The quantitative estimate of drug-likeness (QED) is 0.888. The summed E-state index contributed by atoms with van der Waals surface area (Å²) in [5, 5.41) is 12.2. The average molecular weight is 257 g/mol. The van der Waals surface area contributed by atoms with E-state index in [1.807, 2.05) is 30.3 Å². The minimum Gasteiger partial charge on any atom is -0.508 e. The minimum absolute atomic E-state index is 0.105. The van der Waals surface area contributed by atoms with Gasteiger partial charge in [-0.3, -0.25) is 0 Å². The molecule has 98 valence electrons. The first kappa shape index (κ1) is 13.0. The molecule has 2 aromatic carbocycles. The van der Waals surface area contributed by atoms with Crippen molar-refractivity contribution in [3.63, 3.8) is 0 Å². The van der Waals surface area contributed by atoms with Crippen LogP contribution in [-0.2, 0) is 6.54 Å². The molecule has 0 aliphatic rings. The van der Waals surface area contributed by atoms with Gasteiger partial charge in [-0.05, 0) is 24.6 Å². The molecule has 0 radical (unpaired) electrons. The molecule has 0 saturated heterocycles. The van der Waals surface area contributed by atoms with Gasteiger partial charge < -0.3 is 15.2 Å². The predicted molar refractivity (Wildman–Crippen MR) is 72.1 cm³/mol. The fourth-order valence-electron chi connectivity index (χ4n) is 1.62. The summed E-state index contributed by atoms with van der Waals surface area (Å²) in [5.74, 6) is 0.457.